The fourth-order valence-electron chi connectivity index (χ4n) is 3.29. The monoisotopic (exact) mass is 242 g/mol. The van der Waals surface area contributed by atoms with Crippen molar-refractivity contribution in [3.8, 4) is 0 Å². The SMILES string of the molecule is COC(C)COC1(C)C[C@H](C)CC[C@H]1C(C)C. The Kier molecular flexibility index (Phi) is 5.46. The average Bonchev–Trinajstić information content (AvgIpc) is 2.25. The highest BCUT2D eigenvalue weighted by atomic mass is 16.5. The van der Waals surface area contributed by atoms with Gasteiger partial charge >= 0.3 is 0 Å². The first-order valence-electron chi connectivity index (χ1n) is 7.05. The molecule has 0 heterocycles. The molecule has 0 aromatic carbocycles. The van der Waals surface area contributed by atoms with Gasteiger partial charge in [0.1, 0.15) is 0 Å². The van der Waals surface area contributed by atoms with Gasteiger partial charge in [0.15, 0.2) is 0 Å². The van der Waals surface area contributed by atoms with Gasteiger partial charge in [0, 0.05) is 7.11 Å². The Morgan fingerprint density at radius 1 is 1.24 bits per heavy atom. The number of ether oxygens (including phenoxy) is 2. The van der Waals surface area contributed by atoms with Gasteiger partial charge in [0.25, 0.3) is 0 Å². The van der Waals surface area contributed by atoms with Crippen LogP contribution in [-0.2, 0) is 9.47 Å². The minimum atomic E-state index is 0.0403. The summed E-state index contributed by atoms with van der Waals surface area (Å²) in [5.41, 5.74) is 0.0403. The molecule has 0 aromatic rings. The molecule has 4 atom stereocenters. The smallest absolute Gasteiger partial charge is 0.0776 e. The van der Waals surface area contributed by atoms with Crippen molar-refractivity contribution >= 4 is 0 Å². The third-order valence-corrected chi connectivity index (χ3v) is 4.36. The van der Waals surface area contributed by atoms with Crippen LogP contribution in [0, 0.1) is 17.8 Å². The second-order valence-electron chi connectivity index (χ2n) is 6.41. The van der Waals surface area contributed by atoms with E-state index >= 15 is 0 Å². The van der Waals surface area contributed by atoms with Crippen molar-refractivity contribution in [1.29, 1.82) is 0 Å². The lowest BCUT2D eigenvalue weighted by molar-refractivity contribution is -0.140. The summed E-state index contributed by atoms with van der Waals surface area (Å²) >= 11 is 0. The van der Waals surface area contributed by atoms with Gasteiger partial charge in [0.2, 0.25) is 0 Å². The van der Waals surface area contributed by atoms with Crippen LogP contribution in [0.4, 0.5) is 0 Å². The van der Waals surface area contributed by atoms with E-state index in [1.807, 2.05) is 0 Å². The maximum Gasteiger partial charge on any atom is 0.0776 e. The van der Waals surface area contributed by atoms with Gasteiger partial charge in [-0.1, -0.05) is 27.2 Å². The molecule has 0 saturated heterocycles. The second kappa shape index (κ2) is 6.19. The van der Waals surface area contributed by atoms with Crippen LogP contribution in [0.5, 0.6) is 0 Å². The molecule has 2 unspecified atom stereocenters. The summed E-state index contributed by atoms with van der Waals surface area (Å²) in [6, 6.07) is 0. The van der Waals surface area contributed by atoms with E-state index in [0.717, 1.165) is 5.92 Å². The number of methoxy groups -OCH3 is 1. The summed E-state index contributed by atoms with van der Waals surface area (Å²) in [4.78, 5) is 0. The molecule has 2 nitrogen and oxygen atoms in total. The van der Waals surface area contributed by atoms with Crippen molar-refractivity contribution in [2.45, 2.75) is 65.6 Å². The van der Waals surface area contributed by atoms with E-state index < -0.39 is 0 Å². The molecule has 1 saturated carbocycles. The number of hydrogen-bond acceptors (Lipinski definition) is 2. The van der Waals surface area contributed by atoms with Crippen LogP contribution in [0.1, 0.15) is 53.9 Å². The predicted octanol–water partition coefficient (Wildman–Crippen LogP) is 3.89. The van der Waals surface area contributed by atoms with Crippen LogP contribution < -0.4 is 0 Å². The lowest BCUT2D eigenvalue weighted by Crippen LogP contribution is -2.46. The van der Waals surface area contributed by atoms with Crippen LogP contribution in [0.25, 0.3) is 0 Å². The van der Waals surface area contributed by atoms with E-state index in [1.165, 1.54) is 19.3 Å². The molecular formula is C15H30O2. The molecule has 0 aliphatic heterocycles. The third-order valence-electron chi connectivity index (χ3n) is 4.36. The van der Waals surface area contributed by atoms with Crippen LogP contribution in [0.15, 0.2) is 0 Å². The van der Waals surface area contributed by atoms with Gasteiger partial charge < -0.3 is 9.47 Å². The minimum absolute atomic E-state index is 0.0403. The van der Waals surface area contributed by atoms with Crippen LogP contribution in [0.3, 0.4) is 0 Å². The van der Waals surface area contributed by atoms with Crippen molar-refractivity contribution in [3.05, 3.63) is 0 Å². The molecule has 0 N–H and O–H groups in total. The Balaban J connectivity index is 2.64. The van der Waals surface area contributed by atoms with E-state index in [2.05, 4.69) is 34.6 Å². The van der Waals surface area contributed by atoms with Crippen molar-refractivity contribution < 1.29 is 9.47 Å². The molecule has 0 spiro atoms. The van der Waals surface area contributed by atoms with Gasteiger partial charge in [-0.2, -0.15) is 0 Å². The molecule has 2 heteroatoms. The lowest BCUT2D eigenvalue weighted by atomic mass is 9.68. The largest absolute Gasteiger partial charge is 0.379 e. The van der Waals surface area contributed by atoms with E-state index in [9.17, 15) is 0 Å². The maximum absolute atomic E-state index is 6.24. The molecule has 0 bridgehead atoms. The molecule has 0 amide bonds. The molecule has 0 aromatic heterocycles. The maximum atomic E-state index is 6.24. The highest BCUT2D eigenvalue weighted by molar-refractivity contribution is 4.92. The molecule has 0 radical (unpaired) electrons. The molecule has 1 fully saturated rings. The first kappa shape index (κ1) is 15.0. The zero-order valence-electron chi connectivity index (χ0n) is 12.5. The fraction of sp³-hybridized carbons (Fsp3) is 1.00. The van der Waals surface area contributed by atoms with E-state index in [-0.39, 0.29) is 11.7 Å². The Morgan fingerprint density at radius 2 is 1.88 bits per heavy atom. The molecule has 1 aliphatic carbocycles. The quantitative estimate of drug-likeness (QED) is 0.728. The summed E-state index contributed by atoms with van der Waals surface area (Å²) in [5, 5.41) is 0. The Bertz CT molecular complexity index is 227. The number of hydrogen-bond donors (Lipinski definition) is 0. The molecule has 102 valence electrons. The summed E-state index contributed by atoms with van der Waals surface area (Å²) < 4.78 is 11.5. The number of rotatable bonds is 5. The van der Waals surface area contributed by atoms with Crippen molar-refractivity contribution in [3.63, 3.8) is 0 Å². The summed E-state index contributed by atoms with van der Waals surface area (Å²) in [5.74, 6) is 2.17. The molecule has 1 rings (SSSR count). The fourth-order valence-corrected chi connectivity index (χ4v) is 3.29. The van der Waals surface area contributed by atoms with Gasteiger partial charge in [-0.3, -0.25) is 0 Å². The summed E-state index contributed by atoms with van der Waals surface area (Å²) in [6.07, 6.45) is 4.03. The highest BCUT2D eigenvalue weighted by Crippen LogP contribution is 2.43. The normalized spacial score (nSPS) is 36.2. The van der Waals surface area contributed by atoms with Gasteiger partial charge in [-0.05, 0) is 44.4 Å². The Hall–Kier alpha value is -0.0800. The van der Waals surface area contributed by atoms with Crippen molar-refractivity contribution in [1.82, 2.24) is 0 Å². The van der Waals surface area contributed by atoms with Crippen molar-refractivity contribution in [2.75, 3.05) is 13.7 Å². The lowest BCUT2D eigenvalue weighted by Gasteiger charge is -2.46. The zero-order valence-corrected chi connectivity index (χ0v) is 12.5. The third kappa shape index (κ3) is 3.96. The topological polar surface area (TPSA) is 18.5 Å². The Morgan fingerprint density at radius 3 is 2.41 bits per heavy atom. The predicted molar refractivity (Wildman–Crippen MR) is 72.2 cm³/mol. The minimum Gasteiger partial charge on any atom is -0.379 e. The molecular weight excluding hydrogens is 212 g/mol. The first-order chi connectivity index (χ1) is 7.89. The van der Waals surface area contributed by atoms with Gasteiger partial charge in [-0.25, -0.2) is 0 Å². The zero-order chi connectivity index (χ0) is 13.1. The van der Waals surface area contributed by atoms with Crippen LogP contribution >= 0.6 is 0 Å². The average molecular weight is 242 g/mol. The van der Waals surface area contributed by atoms with Crippen LogP contribution in [-0.4, -0.2) is 25.4 Å². The highest BCUT2D eigenvalue weighted by Gasteiger charge is 2.41. The van der Waals surface area contributed by atoms with E-state index in [4.69, 9.17) is 9.47 Å². The van der Waals surface area contributed by atoms with Gasteiger partial charge in [0.05, 0.1) is 18.3 Å². The van der Waals surface area contributed by atoms with E-state index in [0.29, 0.717) is 18.4 Å². The van der Waals surface area contributed by atoms with Crippen molar-refractivity contribution in [2.24, 2.45) is 17.8 Å². The first-order valence-corrected chi connectivity index (χ1v) is 7.05. The van der Waals surface area contributed by atoms with Gasteiger partial charge in [-0.15, -0.1) is 0 Å². The standard InChI is InChI=1S/C15H30O2/c1-11(2)14-8-7-12(3)9-15(14,5)17-10-13(4)16-6/h11-14H,7-10H2,1-6H3/t12-,13?,14+,15?/m1/s1. The second-order valence-corrected chi connectivity index (χ2v) is 6.41. The molecule has 17 heavy (non-hydrogen) atoms. The van der Waals surface area contributed by atoms with E-state index in [1.54, 1.807) is 7.11 Å². The summed E-state index contributed by atoms with van der Waals surface area (Å²) in [6.45, 7) is 12.1. The van der Waals surface area contributed by atoms with Crippen LogP contribution in [0.2, 0.25) is 0 Å². The summed E-state index contributed by atoms with van der Waals surface area (Å²) in [7, 11) is 1.75. The Labute approximate surface area is 107 Å². The molecule has 1 aliphatic rings.